The van der Waals surface area contributed by atoms with Crippen molar-refractivity contribution in [2.45, 2.75) is 58.3 Å². The molecule has 0 unspecified atom stereocenters. The molecule has 0 radical (unpaired) electrons. The summed E-state index contributed by atoms with van der Waals surface area (Å²) in [7, 11) is 0. The highest BCUT2D eigenvalue weighted by Crippen LogP contribution is 2.37. The monoisotopic (exact) mass is 432 g/mol. The summed E-state index contributed by atoms with van der Waals surface area (Å²) in [6.45, 7) is 3.99. The Bertz CT molecular complexity index is 893. The first kappa shape index (κ1) is 22.6. The fraction of sp³-hybridized carbons (Fsp3) is 0.500. The van der Waals surface area contributed by atoms with E-state index < -0.39 is 5.41 Å². The lowest BCUT2D eigenvalue weighted by Crippen LogP contribution is -2.52. The smallest absolute Gasteiger partial charge is 0.226 e. The largest absolute Gasteiger partial charge is 0.356 e. The van der Waals surface area contributed by atoms with Crippen molar-refractivity contribution < 1.29 is 9.59 Å². The zero-order valence-electron chi connectivity index (χ0n) is 19.3. The van der Waals surface area contributed by atoms with Crippen LogP contribution in [-0.4, -0.2) is 36.3 Å². The molecule has 1 saturated heterocycles. The molecule has 2 fully saturated rings. The van der Waals surface area contributed by atoms with Gasteiger partial charge in [0.15, 0.2) is 0 Å². The van der Waals surface area contributed by atoms with Crippen molar-refractivity contribution in [2.24, 2.45) is 11.3 Å². The van der Waals surface area contributed by atoms with Crippen molar-refractivity contribution in [1.82, 2.24) is 10.2 Å². The van der Waals surface area contributed by atoms with E-state index in [9.17, 15) is 9.59 Å². The van der Waals surface area contributed by atoms with Crippen LogP contribution in [0, 0.1) is 11.3 Å². The molecule has 4 heteroatoms. The van der Waals surface area contributed by atoms with Crippen molar-refractivity contribution >= 4 is 11.8 Å². The molecule has 2 aliphatic rings. The Morgan fingerprint density at radius 2 is 1.53 bits per heavy atom. The maximum absolute atomic E-state index is 13.2. The molecule has 2 aromatic rings. The number of likely N-dealkylation sites (tertiary alicyclic amines) is 1. The standard InChI is InChI=1S/C28H36N2O2/c1-2-29-27(32)28(17-19-30(20-18-28)26(31)25-11-7-4-8-12-25)21-22-13-15-24(16-14-22)23-9-5-3-6-10-23/h3,5-6,9-10,13-16,25H,2,4,7-8,11-12,17-21H2,1H3,(H,29,32). The van der Waals surface area contributed by atoms with Crippen LogP contribution >= 0.6 is 0 Å². The minimum absolute atomic E-state index is 0.136. The van der Waals surface area contributed by atoms with E-state index in [2.05, 4.69) is 53.8 Å². The van der Waals surface area contributed by atoms with Crippen LogP contribution in [-0.2, 0) is 16.0 Å². The highest BCUT2D eigenvalue weighted by molar-refractivity contribution is 5.84. The van der Waals surface area contributed by atoms with Gasteiger partial charge in [-0.15, -0.1) is 0 Å². The maximum atomic E-state index is 13.2. The number of carbonyl (C=O) groups excluding carboxylic acids is 2. The molecular formula is C28H36N2O2. The summed E-state index contributed by atoms with van der Waals surface area (Å²) in [4.78, 5) is 28.2. The Kier molecular flexibility index (Phi) is 7.29. The van der Waals surface area contributed by atoms with Gasteiger partial charge in [-0.25, -0.2) is 0 Å². The molecular weight excluding hydrogens is 396 g/mol. The Balaban J connectivity index is 1.46. The van der Waals surface area contributed by atoms with E-state index in [0.717, 1.165) is 32.1 Å². The second-order valence-corrected chi connectivity index (χ2v) is 9.54. The third-order valence-electron chi connectivity index (χ3n) is 7.41. The highest BCUT2D eigenvalue weighted by Gasteiger charge is 2.42. The Morgan fingerprint density at radius 1 is 0.906 bits per heavy atom. The number of amides is 2. The zero-order chi connectivity index (χ0) is 22.4. The van der Waals surface area contributed by atoms with Crippen LogP contribution in [0.3, 0.4) is 0 Å². The Labute approximate surface area is 192 Å². The predicted octanol–water partition coefficient (Wildman–Crippen LogP) is 5.22. The fourth-order valence-electron chi connectivity index (χ4n) is 5.43. The van der Waals surface area contributed by atoms with Gasteiger partial charge in [0.05, 0.1) is 5.41 Å². The van der Waals surface area contributed by atoms with Crippen LogP contribution in [0.15, 0.2) is 54.6 Å². The van der Waals surface area contributed by atoms with Crippen molar-refractivity contribution in [3.8, 4) is 11.1 Å². The molecule has 1 heterocycles. The molecule has 170 valence electrons. The molecule has 4 nitrogen and oxygen atoms in total. The second kappa shape index (κ2) is 10.3. The third kappa shape index (κ3) is 5.06. The van der Waals surface area contributed by atoms with Crippen molar-refractivity contribution in [1.29, 1.82) is 0 Å². The number of hydrogen-bond donors (Lipinski definition) is 1. The second-order valence-electron chi connectivity index (χ2n) is 9.54. The first-order valence-electron chi connectivity index (χ1n) is 12.3. The summed E-state index contributed by atoms with van der Waals surface area (Å²) in [6, 6.07) is 19.0. The van der Waals surface area contributed by atoms with Gasteiger partial charge in [0.1, 0.15) is 0 Å². The first-order valence-corrected chi connectivity index (χ1v) is 12.3. The van der Waals surface area contributed by atoms with E-state index in [-0.39, 0.29) is 11.8 Å². The molecule has 0 aromatic heterocycles. The Morgan fingerprint density at radius 3 is 2.16 bits per heavy atom. The van der Waals surface area contributed by atoms with E-state index in [4.69, 9.17) is 0 Å². The summed E-state index contributed by atoms with van der Waals surface area (Å²) in [5, 5.41) is 3.08. The van der Waals surface area contributed by atoms with Gasteiger partial charge in [-0.05, 0) is 55.7 Å². The third-order valence-corrected chi connectivity index (χ3v) is 7.41. The average Bonchev–Trinajstić information content (AvgIpc) is 2.86. The fourth-order valence-corrected chi connectivity index (χ4v) is 5.43. The number of carbonyl (C=O) groups is 2. The molecule has 1 saturated carbocycles. The van der Waals surface area contributed by atoms with Crippen LogP contribution in [0.5, 0.6) is 0 Å². The molecule has 2 aromatic carbocycles. The molecule has 1 aliphatic heterocycles. The van der Waals surface area contributed by atoms with E-state index >= 15 is 0 Å². The Hall–Kier alpha value is -2.62. The number of nitrogens with one attached hydrogen (secondary N) is 1. The highest BCUT2D eigenvalue weighted by atomic mass is 16.2. The quantitative estimate of drug-likeness (QED) is 0.680. The van der Waals surface area contributed by atoms with Gasteiger partial charge in [0, 0.05) is 25.6 Å². The molecule has 32 heavy (non-hydrogen) atoms. The zero-order valence-corrected chi connectivity index (χ0v) is 19.3. The minimum Gasteiger partial charge on any atom is -0.356 e. The SMILES string of the molecule is CCNC(=O)C1(Cc2ccc(-c3ccccc3)cc2)CCN(C(=O)C2CCCCC2)CC1. The van der Waals surface area contributed by atoms with E-state index in [1.54, 1.807) is 0 Å². The number of hydrogen-bond acceptors (Lipinski definition) is 2. The normalized spacial score (nSPS) is 18.8. The van der Waals surface area contributed by atoms with Crippen LogP contribution in [0.25, 0.3) is 11.1 Å². The van der Waals surface area contributed by atoms with Gasteiger partial charge in [0.2, 0.25) is 11.8 Å². The molecule has 4 rings (SSSR count). The molecule has 0 spiro atoms. The molecule has 1 N–H and O–H groups in total. The first-order chi connectivity index (χ1) is 15.6. The number of benzene rings is 2. The summed E-state index contributed by atoms with van der Waals surface area (Å²) < 4.78 is 0. The summed E-state index contributed by atoms with van der Waals surface area (Å²) >= 11 is 0. The molecule has 0 atom stereocenters. The van der Waals surface area contributed by atoms with Gasteiger partial charge in [0.25, 0.3) is 0 Å². The topological polar surface area (TPSA) is 49.4 Å². The maximum Gasteiger partial charge on any atom is 0.226 e. The average molecular weight is 433 g/mol. The number of piperidine rings is 1. The lowest BCUT2D eigenvalue weighted by molar-refractivity contribution is -0.143. The predicted molar refractivity (Wildman–Crippen MR) is 129 cm³/mol. The van der Waals surface area contributed by atoms with E-state index in [1.165, 1.54) is 36.0 Å². The van der Waals surface area contributed by atoms with Gasteiger partial charge in [-0.3, -0.25) is 9.59 Å². The lowest BCUT2D eigenvalue weighted by Gasteiger charge is -2.42. The molecule has 2 amide bonds. The van der Waals surface area contributed by atoms with Crippen molar-refractivity contribution in [3.05, 3.63) is 60.2 Å². The van der Waals surface area contributed by atoms with Crippen molar-refractivity contribution in [2.75, 3.05) is 19.6 Å². The van der Waals surface area contributed by atoms with Crippen LogP contribution in [0.1, 0.15) is 57.4 Å². The van der Waals surface area contributed by atoms with Gasteiger partial charge in [-0.2, -0.15) is 0 Å². The van der Waals surface area contributed by atoms with Gasteiger partial charge < -0.3 is 10.2 Å². The molecule has 0 bridgehead atoms. The van der Waals surface area contributed by atoms with E-state index in [1.807, 2.05) is 17.9 Å². The minimum atomic E-state index is -0.437. The van der Waals surface area contributed by atoms with Crippen LogP contribution in [0.2, 0.25) is 0 Å². The van der Waals surface area contributed by atoms with Crippen molar-refractivity contribution in [3.63, 3.8) is 0 Å². The summed E-state index contributed by atoms with van der Waals surface area (Å²) in [5.74, 6) is 0.657. The van der Waals surface area contributed by atoms with Gasteiger partial charge >= 0.3 is 0 Å². The summed E-state index contributed by atoms with van der Waals surface area (Å²) in [5.41, 5.74) is 3.14. The van der Waals surface area contributed by atoms with E-state index in [0.29, 0.717) is 25.5 Å². The summed E-state index contributed by atoms with van der Waals surface area (Å²) in [6.07, 6.45) is 7.86. The molecule has 1 aliphatic carbocycles. The number of rotatable bonds is 6. The van der Waals surface area contributed by atoms with Crippen LogP contribution in [0.4, 0.5) is 0 Å². The van der Waals surface area contributed by atoms with Gasteiger partial charge in [-0.1, -0.05) is 73.9 Å². The lowest BCUT2D eigenvalue weighted by atomic mass is 9.72. The van der Waals surface area contributed by atoms with Crippen LogP contribution < -0.4 is 5.32 Å². The number of nitrogens with zero attached hydrogens (tertiary/aromatic N) is 1.